The van der Waals surface area contributed by atoms with Crippen LogP contribution in [-0.2, 0) is 16.0 Å². The summed E-state index contributed by atoms with van der Waals surface area (Å²) in [5.74, 6) is 0.414. The number of aromatic nitrogens is 1. The number of thiazole rings is 1. The van der Waals surface area contributed by atoms with Crippen LogP contribution in [0.25, 0.3) is 11.3 Å². The Morgan fingerprint density at radius 1 is 1.31 bits per heavy atom. The van der Waals surface area contributed by atoms with Crippen LogP contribution in [0.1, 0.15) is 44.6 Å². The second-order valence-electron chi connectivity index (χ2n) is 7.00. The molecule has 1 aliphatic carbocycles. The van der Waals surface area contributed by atoms with Crippen LogP contribution < -0.4 is 10.2 Å². The van der Waals surface area contributed by atoms with Gasteiger partial charge < -0.3 is 10.2 Å². The first kappa shape index (κ1) is 17.2. The molecule has 0 bridgehead atoms. The van der Waals surface area contributed by atoms with Crippen molar-refractivity contribution in [3.05, 3.63) is 29.1 Å². The third kappa shape index (κ3) is 3.26. The summed E-state index contributed by atoms with van der Waals surface area (Å²) >= 11 is 1.47. The van der Waals surface area contributed by atoms with Crippen molar-refractivity contribution in [2.24, 2.45) is 5.92 Å². The predicted octanol–water partition coefficient (Wildman–Crippen LogP) is 4.24. The molecule has 4 rings (SSSR count). The van der Waals surface area contributed by atoms with Gasteiger partial charge in [-0.3, -0.25) is 9.59 Å². The number of amides is 2. The zero-order chi connectivity index (χ0) is 18.1. The van der Waals surface area contributed by atoms with Crippen molar-refractivity contribution in [1.29, 1.82) is 0 Å². The molecular weight excluding hydrogens is 346 g/mol. The predicted molar refractivity (Wildman–Crippen MR) is 104 cm³/mol. The smallest absolute Gasteiger partial charge is 0.229 e. The van der Waals surface area contributed by atoms with Crippen molar-refractivity contribution in [3.8, 4) is 11.3 Å². The van der Waals surface area contributed by atoms with Gasteiger partial charge in [0.05, 0.1) is 5.69 Å². The van der Waals surface area contributed by atoms with E-state index in [9.17, 15) is 9.59 Å². The number of carbonyl (C=O) groups excluding carboxylic acids is 2. The topological polar surface area (TPSA) is 62.3 Å². The molecule has 5 nitrogen and oxygen atoms in total. The number of nitrogens with zero attached hydrogens (tertiary/aromatic N) is 2. The molecule has 6 heteroatoms. The Bertz CT molecular complexity index is 839. The molecule has 0 radical (unpaired) electrons. The monoisotopic (exact) mass is 369 g/mol. The lowest BCUT2D eigenvalue weighted by molar-refractivity contribution is -0.120. The molecule has 0 atom stereocenters. The molecule has 1 aromatic carbocycles. The molecule has 0 unspecified atom stereocenters. The number of fused-ring (bicyclic) bond motifs is 1. The van der Waals surface area contributed by atoms with Crippen LogP contribution in [0.3, 0.4) is 0 Å². The van der Waals surface area contributed by atoms with Gasteiger partial charge in [0.2, 0.25) is 11.8 Å². The molecule has 2 heterocycles. The molecule has 1 saturated carbocycles. The third-order valence-electron chi connectivity index (χ3n) is 5.33. The molecule has 1 N–H and O–H groups in total. The molecule has 1 aromatic heterocycles. The van der Waals surface area contributed by atoms with Crippen LogP contribution in [0.4, 0.5) is 10.8 Å². The molecule has 136 valence electrons. The fourth-order valence-corrected chi connectivity index (χ4v) is 4.59. The maximum atomic E-state index is 12.3. The largest absolute Gasteiger partial charge is 0.312 e. The van der Waals surface area contributed by atoms with Gasteiger partial charge >= 0.3 is 0 Å². The van der Waals surface area contributed by atoms with E-state index in [2.05, 4.69) is 16.4 Å². The normalized spacial score (nSPS) is 16.7. The van der Waals surface area contributed by atoms with Crippen LogP contribution >= 0.6 is 11.3 Å². The van der Waals surface area contributed by atoms with Gasteiger partial charge in [-0.05, 0) is 37.0 Å². The summed E-state index contributed by atoms with van der Waals surface area (Å²) in [4.78, 5) is 30.7. The lowest BCUT2D eigenvalue weighted by atomic mass is 10.1. The standard InChI is InChI=1S/C20H23N3O2S/c1-2-18(24)23-10-9-15-11-14(7-8-17(15)23)16-12-26-20(21-16)22-19(25)13-5-3-4-6-13/h7-8,11-13H,2-6,9-10H2,1H3,(H,21,22,25). The number of benzene rings is 1. The van der Waals surface area contributed by atoms with E-state index in [-0.39, 0.29) is 17.7 Å². The van der Waals surface area contributed by atoms with Crippen molar-refractivity contribution >= 4 is 34.0 Å². The molecule has 1 fully saturated rings. The van der Waals surface area contributed by atoms with Crippen LogP contribution in [-0.4, -0.2) is 23.3 Å². The summed E-state index contributed by atoms with van der Waals surface area (Å²) in [5, 5.41) is 5.62. The molecule has 0 spiro atoms. The minimum atomic E-state index is 0.103. The molecule has 26 heavy (non-hydrogen) atoms. The van der Waals surface area contributed by atoms with Crippen molar-refractivity contribution in [3.63, 3.8) is 0 Å². The maximum absolute atomic E-state index is 12.3. The lowest BCUT2D eigenvalue weighted by Gasteiger charge is -2.16. The van der Waals surface area contributed by atoms with Crippen LogP contribution in [0.15, 0.2) is 23.6 Å². The third-order valence-corrected chi connectivity index (χ3v) is 6.09. The zero-order valence-electron chi connectivity index (χ0n) is 15.0. The van der Waals surface area contributed by atoms with Gasteiger partial charge in [-0.15, -0.1) is 11.3 Å². The van der Waals surface area contributed by atoms with Crippen molar-refractivity contribution in [2.75, 3.05) is 16.8 Å². The molecule has 1 aliphatic heterocycles. The van der Waals surface area contributed by atoms with Crippen molar-refractivity contribution < 1.29 is 9.59 Å². The van der Waals surface area contributed by atoms with Gasteiger partial charge in [0.25, 0.3) is 0 Å². The van der Waals surface area contributed by atoms with Gasteiger partial charge in [0.1, 0.15) is 0 Å². The van der Waals surface area contributed by atoms with Gasteiger partial charge in [0, 0.05) is 35.5 Å². The molecule has 2 aromatic rings. The number of nitrogens with one attached hydrogen (secondary N) is 1. The Labute approximate surface area is 157 Å². The molecular formula is C20H23N3O2S. The van der Waals surface area contributed by atoms with Crippen molar-refractivity contribution in [2.45, 2.75) is 45.4 Å². The summed E-state index contributed by atoms with van der Waals surface area (Å²) in [5.41, 5.74) is 4.12. The Morgan fingerprint density at radius 3 is 2.88 bits per heavy atom. The van der Waals surface area contributed by atoms with E-state index in [4.69, 9.17) is 0 Å². The van der Waals surface area contributed by atoms with E-state index < -0.39 is 0 Å². The first-order chi connectivity index (χ1) is 12.7. The minimum absolute atomic E-state index is 0.103. The van der Waals surface area contributed by atoms with E-state index in [1.54, 1.807) is 0 Å². The van der Waals surface area contributed by atoms with Gasteiger partial charge in [0.15, 0.2) is 5.13 Å². The SMILES string of the molecule is CCC(=O)N1CCc2cc(-c3csc(NC(=O)C4CCCC4)n3)ccc21. The highest BCUT2D eigenvalue weighted by Gasteiger charge is 2.25. The average molecular weight is 369 g/mol. The second-order valence-corrected chi connectivity index (χ2v) is 7.86. The van der Waals surface area contributed by atoms with Gasteiger partial charge in [-0.2, -0.15) is 0 Å². The van der Waals surface area contributed by atoms with E-state index >= 15 is 0 Å². The summed E-state index contributed by atoms with van der Waals surface area (Å²) < 4.78 is 0. The van der Waals surface area contributed by atoms with Crippen LogP contribution in [0, 0.1) is 5.92 Å². The zero-order valence-corrected chi connectivity index (χ0v) is 15.8. The summed E-state index contributed by atoms with van der Waals surface area (Å²) in [6.07, 6.45) is 5.67. The number of rotatable bonds is 4. The second kappa shape index (κ2) is 7.19. The van der Waals surface area contributed by atoms with Gasteiger partial charge in [-0.25, -0.2) is 4.98 Å². The Kier molecular flexibility index (Phi) is 4.76. The van der Waals surface area contributed by atoms with E-state index in [1.807, 2.05) is 29.3 Å². The van der Waals surface area contributed by atoms with E-state index in [1.165, 1.54) is 16.9 Å². The summed E-state index contributed by atoms with van der Waals surface area (Å²) in [6, 6.07) is 6.15. The molecule has 0 saturated heterocycles. The lowest BCUT2D eigenvalue weighted by Crippen LogP contribution is -2.27. The maximum Gasteiger partial charge on any atom is 0.229 e. The number of carbonyl (C=O) groups is 2. The Hall–Kier alpha value is -2.21. The average Bonchev–Trinajstić information content (AvgIpc) is 3.40. The fraction of sp³-hybridized carbons (Fsp3) is 0.450. The molecule has 2 amide bonds. The number of anilines is 2. The Morgan fingerprint density at radius 2 is 2.12 bits per heavy atom. The summed E-state index contributed by atoms with van der Waals surface area (Å²) in [6.45, 7) is 2.65. The van der Waals surface area contributed by atoms with Crippen LogP contribution in [0.5, 0.6) is 0 Å². The highest BCUT2D eigenvalue weighted by atomic mass is 32.1. The number of hydrogen-bond acceptors (Lipinski definition) is 4. The highest BCUT2D eigenvalue weighted by molar-refractivity contribution is 7.14. The Balaban J connectivity index is 1.50. The van der Waals surface area contributed by atoms with E-state index in [0.717, 1.165) is 55.6 Å². The highest BCUT2D eigenvalue weighted by Crippen LogP contribution is 2.34. The first-order valence-electron chi connectivity index (χ1n) is 9.35. The fourth-order valence-electron chi connectivity index (χ4n) is 3.87. The minimum Gasteiger partial charge on any atom is -0.312 e. The quantitative estimate of drug-likeness (QED) is 0.877. The van der Waals surface area contributed by atoms with Crippen LogP contribution in [0.2, 0.25) is 0 Å². The van der Waals surface area contributed by atoms with E-state index in [0.29, 0.717) is 11.6 Å². The summed E-state index contributed by atoms with van der Waals surface area (Å²) in [7, 11) is 0. The van der Waals surface area contributed by atoms with Crippen molar-refractivity contribution in [1.82, 2.24) is 4.98 Å². The number of hydrogen-bond donors (Lipinski definition) is 1. The molecule has 2 aliphatic rings. The first-order valence-corrected chi connectivity index (χ1v) is 10.2. The van der Waals surface area contributed by atoms with Gasteiger partial charge in [-0.1, -0.05) is 25.8 Å².